The summed E-state index contributed by atoms with van der Waals surface area (Å²) < 4.78 is 0. The molecule has 1 aliphatic heterocycles. The van der Waals surface area contributed by atoms with Crippen molar-refractivity contribution in [2.45, 2.75) is 38.0 Å². The first kappa shape index (κ1) is 24.6. The number of ketones is 1. The van der Waals surface area contributed by atoms with Gasteiger partial charge in [-0.15, -0.1) is 0 Å². The summed E-state index contributed by atoms with van der Waals surface area (Å²) in [4.78, 5) is 32.9. The molecule has 0 aliphatic carbocycles. The van der Waals surface area contributed by atoms with Gasteiger partial charge < -0.3 is 16.0 Å². The Morgan fingerprint density at radius 1 is 1.03 bits per heavy atom. The molecule has 7 heteroatoms. The van der Waals surface area contributed by atoms with Gasteiger partial charge in [0.25, 0.3) is 0 Å². The Morgan fingerprint density at radius 2 is 1.69 bits per heavy atom. The minimum atomic E-state index is -0.853. The van der Waals surface area contributed by atoms with Crippen LogP contribution < -0.4 is 16.0 Å². The number of halogens is 1. The van der Waals surface area contributed by atoms with Crippen LogP contribution in [0.1, 0.15) is 30.0 Å². The number of hydrogen-bond donors (Lipinski definition) is 2. The number of rotatable bonds is 7. The lowest BCUT2D eigenvalue weighted by atomic mass is 10.00. The fourth-order valence-electron chi connectivity index (χ4n) is 4.25. The summed E-state index contributed by atoms with van der Waals surface area (Å²) in [7, 11) is 1.86. The van der Waals surface area contributed by atoms with Gasteiger partial charge >= 0.3 is 0 Å². The highest BCUT2D eigenvalue weighted by Crippen LogP contribution is 2.29. The van der Waals surface area contributed by atoms with Gasteiger partial charge in [-0.05, 0) is 37.1 Å². The predicted octanol–water partition coefficient (Wildman–Crippen LogP) is 3.99. The van der Waals surface area contributed by atoms with Crippen LogP contribution >= 0.6 is 11.6 Å². The zero-order chi connectivity index (χ0) is 24.9. The quantitative estimate of drug-likeness (QED) is 0.526. The summed E-state index contributed by atoms with van der Waals surface area (Å²) in [6.07, 6.45) is 0.138. The number of aryl methyl sites for hydroxylation is 1. The topological polar surface area (TPSA) is 87.8 Å². The maximum atomic E-state index is 13.5. The number of nitrogens with zero attached hydrogens (tertiary/aromatic N) is 2. The smallest absolute Gasteiger partial charge is 0.220 e. The van der Waals surface area contributed by atoms with Gasteiger partial charge in [0, 0.05) is 35.3 Å². The van der Waals surface area contributed by atoms with E-state index in [4.69, 9.17) is 22.3 Å². The van der Waals surface area contributed by atoms with E-state index in [0.29, 0.717) is 17.2 Å². The van der Waals surface area contributed by atoms with Gasteiger partial charge in [-0.2, -0.15) is 0 Å². The molecule has 1 aliphatic rings. The Morgan fingerprint density at radius 3 is 2.40 bits per heavy atom. The number of benzodiazepines with no additional fused rings is 1. The number of nitrogens with two attached hydrogens (primary N) is 1. The number of amides is 1. The number of carbonyl (C=O) groups is 2. The molecule has 4 rings (SSSR count). The second-order valence-electron chi connectivity index (χ2n) is 8.73. The van der Waals surface area contributed by atoms with Crippen molar-refractivity contribution in [1.82, 2.24) is 5.32 Å². The summed E-state index contributed by atoms with van der Waals surface area (Å²) in [6, 6.07) is 23.4. The summed E-state index contributed by atoms with van der Waals surface area (Å²) in [6.45, 7) is 1.69. The van der Waals surface area contributed by atoms with E-state index in [0.717, 1.165) is 22.4 Å². The highest BCUT2D eigenvalue weighted by atomic mass is 35.5. The molecule has 180 valence electrons. The average molecular weight is 489 g/mol. The van der Waals surface area contributed by atoms with Crippen LogP contribution in [0.25, 0.3) is 0 Å². The third-order valence-electron chi connectivity index (χ3n) is 6.28. The van der Waals surface area contributed by atoms with E-state index in [2.05, 4.69) is 5.32 Å². The van der Waals surface area contributed by atoms with Crippen molar-refractivity contribution in [3.63, 3.8) is 0 Å². The van der Waals surface area contributed by atoms with E-state index in [9.17, 15) is 9.59 Å². The lowest BCUT2D eigenvalue weighted by molar-refractivity contribution is -0.128. The Hall–Kier alpha value is -3.48. The minimum absolute atomic E-state index is 0.202. The van der Waals surface area contributed by atoms with Gasteiger partial charge in [0.15, 0.2) is 5.78 Å². The molecule has 0 saturated carbocycles. The maximum Gasteiger partial charge on any atom is 0.220 e. The minimum Gasteiger partial charge on any atom is -0.356 e. The molecule has 0 radical (unpaired) electrons. The molecule has 3 aromatic carbocycles. The summed E-state index contributed by atoms with van der Waals surface area (Å²) in [5.74, 6) is -0.433. The van der Waals surface area contributed by atoms with E-state index in [-0.39, 0.29) is 18.1 Å². The van der Waals surface area contributed by atoms with Crippen molar-refractivity contribution >= 4 is 34.7 Å². The molecule has 6 nitrogen and oxygen atoms in total. The van der Waals surface area contributed by atoms with E-state index in [1.165, 1.54) is 0 Å². The number of fused-ring (bicyclic) bond motifs is 1. The standard InChI is InChI=1S/C28H29ClN4O2/c1-18(31-24(34)17-14-19-12-15-21(29)16-13-19)27(35)26-28(30)33(2)23-11-7-6-10-22(23)25(32-26)20-8-4-3-5-9-20/h3-13,15-16,18,26,28H,14,17,30H2,1-2H3,(H,31,34)/t18?,26?,28-/m0/s1. The summed E-state index contributed by atoms with van der Waals surface area (Å²) in [5, 5.41) is 3.48. The Labute approximate surface area is 210 Å². The van der Waals surface area contributed by atoms with Crippen molar-refractivity contribution in [2.75, 3.05) is 11.9 Å². The first-order valence-corrected chi connectivity index (χ1v) is 12.0. The number of nitrogens with one attached hydrogen (secondary N) is 1. The van der Waals surface area contributed by atoms with Crippen molar-refractivity contribution in [3.05, 3.63) is 101 Å². The van der Waals surface area contributed by atoms with Crippen LogP contribution in [0.15, 0.2) is 83.9 Å². The Bertz CT molecular complexity index is 1230. The third kappa shape index (κ3) is 5.61. The van der Waals surface area contributed by atoms with Crippen LogP contribution in [0.4, 0.5) is 5.69 Å². The van der Waals surface area contributed by atoms with Crippen LogP contribution in [-0.4, -0.2) is 42.7 Å². The predicted molar refractivity (Wildman–Crippen MR) is 141 cm³/mol. The number of para-hydroxylation sites is 1. The molecule has 0 fully saturated rings. The monoisotopic (exact) mass is 488 g/mol. The van der Waals surface area contributed by atoms with Gasteiger partial charge in [0.1, 0.15) is 12.2 Å². The van der Waals surface area contributed by atoms with Crippen LogP contribution in [0.5, 0.6) is 0 Å². The van der Waals surface area contributed by atoms with Crippen molar-refractivity contribution in [2.24, 2.45) is 10.7 Å². The number of benzene rings is 3. The second-order valence-corrected chi connectivity index (χ2v) is 9.16. The summed E-state index contributed by atoms with van der Waals surface area (Å²) >= 11 is 5.92. The lowest BCUT2D eigenvalue weighted by Gasteiger charge is -2.30. The van der Waals surface area contributed by atoms with Crippen molar-refractivity contribution in [1.29, 1.82) is 0 Å². The second kappa shape index (κ2) is 10.8. The van der Waals surface area contributed by atoms with E-state index < -0.39 is 18.2 Å². The van der Waals surface area contributed by atoms with E-state index >= 15 is 0 Å². The normalized spacial score (nSPS) is 18.2. The number of carbonyl (C=O) groups excluding carboxylic acids is 2. The first-order chi connectivity index (χ1) is 16.8. The Balaban J connectivity index is 1.54. The molecule has 0 saturated heterocycles. The van der Waals surface area contributed by atoms with Gasteiger partial charge in [-0.1, -0.05) is 72.3 Å². The number of anilines is 1. The number of Topliss-reactive ketones (excluding diaryl/α,β-unsaturated/α-hetero) is 1. The van der Waals surface area contributed by atoms with Gasteiger partial charge in [0.2, 0.25) is 5.91 Å². The number of aliphatic imine (C=N–C) groups is 1. The van der Waals surface area contributed by atoms with Gasteiger partial charge in [0.05, 0.1) is 11.8 Å². The van der Waals surface area contributed by atoms with Crippen molar-refractivity contribution < 1.29 is 9.59 Å². The van der Waals surface area contributed by atoms with Gasteiger partial charge in [-0.25, -0.2) is 0 Å². The number of likely N-dealkylation sites (N-methyl/N-ethyl adjacent to an activating group) is 1. The molecule has 1 amide bonds. The highest BCUT2D eigenvalue weighted by Gasteiger charge is 2.36. The largest absolute Gasteiger partial charge is 0.356 e. The first-order valence-electron chi connectivity index (χ1n) is 11.6. The van der Waals surface area contributed by atoms with Crippen LogP contribution in [0.3, 0.4) is 0 Å². The SMILES string of the molecule is CC(NC(=O)CCc1ccc(Cl)cc1)C(=O)C1N=C(c2ccccc2)c2ccccc2N(C)[C@@H]1N. The Kier molecular flexibility index (Phi) is 7.63. The highest BCUT2D eigenvalue weighted by molar-refractivity contribution is 6.30. The molecule has 1 heterocycles. The van der Waals surface area contributed by atoms with Crippen LogP contribution in [-0.2, 0) is 16.0 Å². The third-order valence-corrected chi connectivity index (χ3v) is 6.53. The van der Waals surface area contributed by atoms with Crippen LogP contribution in [0, 0.1) is 0 Å². The molecule has 3 atom stereocenters. The van der Waals surface area contributed by atoms with E-state index in [1.54, 1.807) is 19.1 Å². The van der Waals surface area contributed by atoms with Gasteiger partial charge in [-0.3, -0.25) is 14.6 Å². The average Bonchev–Trinajstić information content (AvgIpc) is 2.98. The molecule has 3 aromatic rings. The van der Waals surface area contributed by atoms with Crippen molar-refractivity contribution in [3.8, 4) is 0 Å². The van der Waals surface area contributed by atoms with E-state index in [1.807, 2.05) is 78.7 Å². The zero-order valence-corrected chi connectivity index (χ0v) is 20.6. The molecule has 3 N–H and O–H groups in total. The lowest BCUT2D eigenvalue weighted by Crippen LogP contribution is -2.55. The fourth-order valence-corrected chi connectivity index (χ4v) is 4.37. The molecular formula is C28H29ClN4O2. The van der Waals surface area contributed by atoms with Crippen LogP contribution in [0.2, 0.25) is 5.02 Å². The number of hydrogen-bond acceptors (Lipinski definition) is 5. The summed E-state index contributed by atoms with van der Waals surface area (Å²) in [5.41, 5.74) is 11.0. The molecule has 0 bridgehead atoms. The molecule has 0 aromatic heterocycles. The molecular weight excluding hydrogens is 460 g/mol. The maximum absolute atomic E-state index is 13.5. The molecule has 0 spiro atoms. The fraction of sp³-hybridized carbons (Fsp3) is 0.250. The molecule has 35 heavy (non-hydrogen) atoms. The zero-order valence-electron chi connectivity index (χ0n) is 19.8. The molecule has 2 unspecified atom stereocenters.